The maximum Gasteiger partial charge on any atom is 0.246 e. The molecule has 0 unspecified atom stereocenters. The van der Waals surface area contributed by atoms with E-state index in [1.165, 1.54) is 11.9 Å². The molecule has 0 bridgehead atoms. The Morgan fingerprint density at radius 3 is 2.50 bits per heavy atom. The van der Waals surface area contributed by atoms with Crippen LogP contribution in [0.5, 0.6) is 0 Å². The molecule has 0 aromatic rings. The van der Waals surface area contributed by atoms with Crippen LogP contribution in [0.25, 0.3) is 0 Å². The molecule has 0 atom stereocenters. The topological polar surface area (TPSA) is 41.4 Å². The SMILES string of the molecule is CSN1N=C1N. The normalized spacial score (nSPS) is 17.5. The van der Waals surface area contributed by atoms with Crippen LogP contribution in [0.1, 0.15) is 0 Å². The Balaban J connectivity index is 2.18. The van der Waals surface area contributed by atoms with Gasteiger partial charge in [0.2, 0.25) is 5.96 Å². The maximum atomic E-state index is 5.13. The lowest BCUT2D eigenvalue weighted by atomic mass is 11.2. The van der Waals surface area contributed by atoms with E-state index in [2.05, 4.69) is 5.10 Å². The molecule has 0 spiro atoms. The number of rotatable bonds is 1. The minimum Gasteiger partial charge on any atom is -0.366 e. The third-order valence-electron chi connectivity index (χ3n) is 0.523. The summed E-state index contributed by atoms with van der Waals surface area (Å²) < 4.78 is 1.65. The predicted octanol–water partition coefficient (Wildman–Crippen LogP) is -0.190. The van der Waals surface area contributed by atoms with Crippen LogP contribution in [-0.2, 0) is 0 Å². The second kappa shape index (κ2) is 1.04. The van der Waals surface area contributed by atoms with Crippen molar-refractivity contribution in [3.8, 4) is 0 Å². The highest BCUT2D eigenvalue weighted by atomic mass is 32.2. The van der Waals surface area contributed by atoms with Gasteiger partial charge < -0.3 is 5.73 Å². The molecule has 0 radical (unpaired) electrons. The van der Waals surface area contributed by atoms with Crippen molar-refractivity contribution in [2.45, 2.75) is 0 Å². The Bertz CT molecular complexity index is 88.8. The highest BCUT2D eigenvalue weighted by Gasteiger charge is 2.17. The molecule has 3 nitrogen and oxygen atoms in total. The molecule has 0 aromatic carbocycles. The zero-order valence-corrected chi connectivity index (χ0v) is 4.20. The third-order valence-corrected chi connectivity index (χ3v) is 1.14. The van der Waals surface area contributed by atoms with Gasteiger partial charge in [0, 0.05) is 6.26 Å². The summed E-state index contributed by atoms with van der Waals surface area (Å²) in [5.74, 6) is 0.627. The summed E-state index contributed by atoms with van der Waals surface area (Å²) >= 11 is 1.50. The summed E-state index contributed by atoms with van der Waals surface area (Å²) in [4.78, 5) is 0. The van der Waals surface area contributed by atoms with Gasteiger partial charge in [-0.15, -0.1) is 5.10 Å². The molecule has 1 heterocycles. The van der Waals surface area contributed by atoms with Crippen LogP contribution in [0.2, 0.25) is 0 Å². The minimum atomic E-state index is 0.627. The van der Waals surface area contributed by atoms with Gasteiger partial charge in [0.25, 0.3) is 0 Å². The lowest BCUT2D eigenvalue weighted by molar-refractivity contribution is 0.920. The zero-order valence-electron chi connectivity index (χ0n) is 3.38. The molecule has 0 aliphatic carbocycles. The van der Waals surface area contributed by atoms with Gasteiger partial charge in [-0.2, -0.15) is 4.41 Å². The average molecular weight is 103 g/mol. The molecule has 1 rings (SSSR count). The van der Waals surface area contributed by atoms with E-state index < -0.39 is 0 Å². The lowest BCUT2D eigenvalue weighted by Gasteiger charge is -1.84. The second-order valence-corrected chi connectivity index (χ2v) is 1.62. The van der Waals surface area contributed by atoms with E-state index in [4.69, 9.17) is 5.73 Å². The molecule has 0 fully saturated rings. The van der Waals surface area contributed by atoms with E-state index >= 15 is 0 Å². The van der Waals surface area contributed by atoms with Crippen molar-refractivity contribution >= 4 is 17.9 Å². The number of hydrogen-bond donors (Lipinski definition) is 1. The molecule has 0 saturated carbocycles. The zero-order chi connectivity index (χ0) is 4.57. The van der Waals surface area contributed by atoms with Crippen molar-refractivity contribution in [2.75, 3.05) is 6.26 Å². The summed E-state index contributed by atoms with van der Waals surface area (Å²) in [6.07, 6.45) is 1.92. The molecule has 0 aromatic heterocycles. The smallest absolute Gasteiger partial charge is 0.246 e. The molecule has 4 heteroatoms. The number of nitrogens with zero attached hydrogens (tertiary/aromatic N) is 2. The monoisotopic (exact) mass is 103 g/mol. The molecule has 0 saturated heterocycles. The molecule has 6 heavy (non-hydrogen) atoms. The molecule has 34 valence electrons. The van der Waals surface area contributed by atoms with Crippen LogP contribution < -0.4 is 5.73 Å². The average Bonchev–Trinajstić information content (AvgIpc) is 2.19. The van der Waals surface area contributed by atoms with Gasteiger partial charge in [-0.3, -0.25) is 0 Å². The quantitative estimate of drug-likeness (QED) is 0.468. The van der Waals surface area contributed by atoms with E-state index in [1.54, 1.807) is 4.41 Å². The summed E-state index contributed by atoms with van der Waals surface area (Å²) in [5, 5.41) is 3.66. The third kappa shape index (κ3) is 0.428. The number of nitrogens with two attached hydrogens (primary N) is 1. The van der Waals surface area contributed by atoms with Crippen LogP contribution in [0, 0.1) is 0 Å². The molecule has 0 amide bonds. The fraction of sp³-hybridized carbons (Fsp3) is 0.500. The van der Waals surface area contributed by atoms with E-state index in [1.807, 2.05) is 6.26 Å². The highest BCUT2D eigenvalue weighted by Crippen LogP contribution is 2.14. The molecule has 2 N–H and O–H groups in total. The molecular weight excluding hydrogens is 98.1 g/mol. The molecular formula is C2H5N3S. The fourth-order valence-corrected chi connectivity index (χ4v) is 0.557. The van der Waals surface area contributed by atoms with Gasteiger partial charge in [0.05, 0.1) is 0 Å². The van der Waals surface area contributed by atoms with Crippen LogP contribution in [-0.4, -0.2) is 16.6 Å². The van der Waals surface area contributed by atoms with E-state index in [0.717, 1.165) is 0 Å². The summed E-state index contributed by atoms with van der Waals surface area (Å²) in [7, 11) is 0. The van der Waals surface area contributed by atoms with Gasteiger partial charge in [-0.05, 0) is 11.9 Å². The lowest BCUT2D eigenvalue weighted by Crippen LogP contribution is -2.05. The van der Waals surface area contributed by atoms with Crippen molar-refractivity contribution in [1.29, 1.82) is 0 Å². The van der Waals surface area contributed by atoms with Crippen LogP contribution in [0.3, 0.4) is 0 Å². The minimum absolute atomic E-state index is 0.627. The first-order valence-electron chi connectivity index (χ1n) is 1.53. The number of guanidine groups is 1. The van der Waals surface area contributed by atoms with Gasteiger partial charge in [-0.25, -0.2) is 0 Å². The predicted molar refractivity (Wildman–Crippen MR) is 27.0 cm³/mol. The summed E-state index contributed by atoms with van der Waals surface area (Å²) in [6.45, 7) is 0. The number of hydrazone groups is 1. The van der Waals surface area contributed by atoms with Gasteiger partial charge >= 0.3 is 0 Å². The standard InChI is InChI=1S/C2H5N3S/c1-6-5-2(3)4-5/h1H3,(H2,3,4). The largest absolute Gasteiger partial charge is 0.366 e. The van der Waals surface area contributed by atoms with Crippen molar-refractivity contribution in [2.24, 2.45) is 10.8 Å². The van der Waals surface area contributed by atoms with Gasteiger partial charge in [0.15, 0.2) is 0 Å². The maximum absolute atomic E-state index is 5.13. The second-order valence-electron chi connectivity index (χ2n) is 0.914. The first-order chi connectivity index (χ1) is 2.84. The van der Waals surface area contributed by atoms with Crippen molar-refractivity contribution in [3.05, 3.63) is 0 Å². The van der Waals surface area contributed by atoms with Gasteiger partial charge in [0.1, 0.15) is 0 Å². The Kier molecular flexibility index (Phi) is 0.660. The number of hydrogen-bond acceptors (Lipinski definition) is 4. The summed E-state index contributed by atoms with van der Waals surface area (Å²) in [5.41, 5.74) is 5.13. The van der Waals surface area contributed by atoms with E-state index in [0.29, 0.717) is 5.96 Å². The van der Waals surface area contributed by atoms with E-state index in [-0.39, 0.29) is 0 Å². The summed E-state index contributed by atoms with van der Waals surface area (Å²) in [6, 6.07) is 0. The van der Waals surface area contributed by atoms with Crippen LogP contribution >= 0.6 is 11.9 Å². The Morgan fingerprint density at radius 2 is 2.50 bits per heavy atom. The van der Waals surface area contributed by atoms with Crippen LogP contribution in [0.15, 0.2) is 5.10 Å². The highest BCUT2D eigenvalue weighted by molar-refractivity contribution is 7.97. The molecule has 1 aliphatic rings. The van der Waals surface area contributed by atoms with Crippen molar-refractivity contribution in [3.63, 3.8) is 0 Å². The fourth-order valence-electron chi connectivity index (χ4n) is 0.205. The first-order valence-corrected chi connectivity index (χ1v) is 2.71. The Morgan fingerprint density at radius 1 is 2.00 bits per heavy atom. The Labute approximate surface area is 40.3 Å². The van der Waals surface area contributed by atoms with E-state index in [9.17, 15) is 0 Å². The Hall–Kier alpha value is -0.380. The van der Waals surface area contributed by atoms with Crippen molar-refractivity contribution < 1.29 is 0 Å². The molecule has 1 aliphatic heterocycles. The van der Waals surface area contributed by atoms with Crippen molar-refractivity contribution in [1.82, 2.24) is 4.41 Å². The van der Waals surface area contributed by atoms with Gasteiger partial charge in [-0.1, -0.05) is 0 Å². The van der Waals surface area contributed by atoms with Crippen LogP contribution in [0.4, 0.5) is 0 Å². The first kappa shape index (κ1) is 3.80.